The van der Waals surface area contributed by atoms with Crippen LogP contribution >= 0.6 is 0 Å². The van der Waals surface area contributed by atoms with Crippen LogP contribution < -0.4 is 5.32 Å². The number of carbonyl (C=O) groups excluding carboxylic acids is 1. The summed E-state index contributed by atoms with van der Waals surface area (Å²) < 4.78 is 5.71. The highest BCUT2D eigenvalue weighted by Crippen LogP contribution is 2.45. The maximum Gasteiger partial charge on any atom is 0.226 e. The second kappa shape index (κ2) is 6.02. The quantitative estimate of drug-likeness (QED) is 0.783. The van der Waals surface area contributed by atoms with E-state index in [9.17, 15) is 4.79 Å². The van der Waals surface area contributed by atoms with Gasteiger partial charge in [-0.2, -0.15) is 0 Å². The topological polar surface area (TPSA) is 41.6 Å². The smallest absolute Gasteiger partial charge is 0.226 e. The summed E-state index contributed by atoms with van der Waals surface area (Å²) in [6, 6.07) is 0.292. The lowest BCUT2D eigenvalue weighted by Crippen LogP contribution is -2.63. The summed E-state index contributed by atoms with van der Waals surface area (Å²) >= 11 is 0. The average molecular weight is 256 g/mol. The lowest BCUT2D eigenvalue weighted by atomic mass is 9.63. The van der Waals surface area contributed by atoms with Gasteiger partial charge in [-0.05, 0) is 20.4 Å². The molecule has 106 valence electrons. The predicted octanol–water partition coefficient (Wildman–Crippen LogP) is 1.50. The molecular weight excluding hydrogens is 228 g/mol. The maximum atomic E-state index is 12.3. The number of amides is 1. The number of hydrogen-bond acceptors (Lipinski definition) is 3. The summed E-state index contributed by atoms with van der Waals surface area (Å²) in [6.07, 6.45) is 1.23. The molecule has 1 aliphatic carbocycles. The fraction of sp³-hybridized carbons (Fsp3) is 0.929. The van der Waals surface area contributed by atoms with Crippen LogP contribution in [0.15, 0.2) is 0 Å². The molecule has 0 spiro atoms. The van der Waals surface area contributed by atoms with E-state index in [1.165, 1.54) is 0 Å². The molecule has 1 fully saturated rings. The number of carbonyl (C=O) groups is 1. The van der Waals surface area contributed by atoms with Crippen LogP contribution in [0.1, 0.15) is 34.1 Å². The molecule has 1 rings (SSSR count). The molecule has 0 radical (unpaired) electrons. The lowest BCUT2D eigenvalue weighted by molar-refractivity contribution is -0.165. The predicted molar refractivity (Wildman–Crippen MR) is 73.5 cm³/mol. The second-order valence-corrected chi connectivity index (χ2v) is 5.92. The largest absolute Gasteiger partial charge is 0.378 e. The Bertz CT molecular complexity index is 292. The first-order chi connectivity index (χ1) is 8.36. The summed E-state index contributed by atoms with van der Waals surface area (Å²) in [5.41, 5.74) is 0.0553. The monoisotopic (exact) mass is 256 g/mol. The summed E-state index contributed by atoms with van der Waals surface area (Å²) in [4.78, 5) is 14.2. The Kier molecular flexibility index (Phi) is 5.17. The molecule has 1 N–H and O–H groups in total. The van der Waals surface area contributed by atoms with Crippen molar-refractivity contribution in [3.63, 3.8) is 0 Å². The van der Waals surface area contributed by atoms with Crippen molar-refractivity contribution in [1.29, 1.82) is 0 Å². The summed E-state index contributed by atoms with van der Waals surface area (Å²) in [5, 5.41) is 3.06. The summed E-state index contributed by atoms with van der Waals surface area (Å²) in [7, 11) is 3.80. The fourth-order valence-electron chi connectivity index (χ4n) is 2.90. The molecule has 0 aliphatic heterocycles. The highest BCUT2D eigenvalue weighted by Gasteiger charge is 2.51. The normalized spacial score (nSPS) is 27.4. The molecule has 3 atom stereocenters. The van der Waals surface area contributed by atoms with E-state index in [1.807, 2.05) is 32.8 Å². The van der Waals surface area contributed by atoms with Gasteiger partial charge in [0.05, 0.1) is 6.10 Å². The van der Waals surface area contributed by atoms with Crippen molar-refractivity contribution in [2.24, 2.45) is 11.3 Å². The molecule has 0 aromatic carbocycles. The van der Waals surface area contributed by atoms with E-state index >= 15 is 0 Å². The number of nitrogens with zero attached hydrogens (tertiary/aromatic N) is 1. The van der Waals surface area contributed by atoms with Crippen LogP contribution in [-0.4, -0.2) is 50.2 Å². The number of ether oxygens (including phenoxy) is 1. The average Bonchev–Trinajstić information content (AvgIpc) is 2.32. The van der Waals surface area contributed by atoms with Gasteiger partial charge in [0.1, 0.15) is 0 Å². The van der Waals surface area contributed by atoms with Gasteiger partial charge in [-0.3, -0.25) is 4.79 Å². The maximum absolute atomic E-state index is 12.3. The molecule has 0 heterocycles. The highest BCUT2D eigenvalue weighted by atomic mass is 16.5. The van der Waals surface area contributed by atoms with Crippen LogP contribution in [0.4, 0.5) is 0 Å². The standard InChI is InChI=1S/C14H28N2O2/c1-7-18-12-8-11(14(12,3)4)16(6)13(17)10(2)9-15-5/h10-12,15H,7-9H2,1-6H3. The van der Waals surface area contributed by atoms with E-state index in [4.69, 9.17) is 4.74 Å². The minimum absolute atomic E-state index is 0.0296. The second-order valence-electron chi connectivity index (χ2n) is 5.92. The molecule has 0 aromatic rings. The SMILES string of the molecule is CCOC1CC(N(C)C(=O)C(C)CNC)C1(C)C. The van der Waals surface area contributed by atoms with Gasteiger partial charge < -0.3 is 15.0 Å². The van der Waals surface area contributed by atoms with E-state index in [-0.39, 0.29) is 23.3 Å². The van der Waals surface area contributed by atoms with Gasteiger partial charge in [-0.15, -0.1) is 0 Å². The van der Waals surface area contributed by atoms with Crippen molar-refractivity contribution < 1.29 is 9.53 Å². The third-order valence-electron chi connectivity index (χ3n) is 4.24. The van der Waals surface area contributed by atoms with Crippen molar-refractivity contribution in [1.82, 2.24) is 10.2 Å². The molecule has 1 aliphatic rings. The molecule has 0 saturated heterocycles. The van der Waals surface area contributed by atoms with E-state index in [0.717, 1.165) is 19.6 Å². The zero-order valence-electron chi connectivity index (χ0n) is 12.6. The van der Waals surface area contributed by atoms with Crippen molar-refractivity contribution in [2.75, 3.05) is 27.2 Å². The van der Waals surface area contributed by atoms with Crippen LogP contribution in [-0.2, 0) is 9.53 Å². The van der Waals surface area contributed by atoms with Gasteiger partial charge in [-0.25, -0.2) is 0 Å². The van der Waals surface area contributed by atoms with E-state index in [1.54, 1.807) is 0 Å². The number of rotatable bonds is 6. The van der Waals surface area contributed by atoms with Gasteiger partial charge in [0, 0.05) is 37.6 Å². The Balaban J connectivity index is 2.59. The van der Waals surface area contributed by atoms with Crippen LogP contribution in [0.2, 0.25) is 0 Å². The lowest BCUT2D eigenvalue weighted by Gasteiger charge is -2.55. The Morgan fingerprint density at radius 2 is 2.17 bits per heavy atom. The van der Waals surface area contributed by atoms with Gasteiger partial charge in [-0.1, -0.05) is 20.8 Å². The van der Waals surface area contributed by atoms with Crippen LogP contribution in [0, 0.1) is 11.3 Å². The van der Waals surface area contributed by atoms with E-state index < -0.39 is 0 Å². The summed E-state index contributed by atoms with van der Waals surface area (Å²) in [6.45, 7) is 9.84. The van der Waals surface area contributed by atoms with Gasteiger partial charge >= 0.3 is 0 Å². The highest BCUT2D eigenvalue weighted by molar-refractivity contribution is 5.79. The third kappa shape index (κ3) is 2.86. The molecule has 1 saturated carbocycles. The van der Waals surface area contributed by atoms with Crippen molar-refractivity contribution in [3.8, 4) is 0 Å². The molecule has 18 heavy (non-hydrogen) atoms. The Hall–Kier alpha value is -0.610. The van der Waals surface area contributed by atoms with Crippen molar-refractivity contribution in [3.05, 3.63) is 0 Å². The van der Waals surface area contributed by atoms with Crippen LogP contribution in [0.25, 0.3) is 0 Å². The van der Waals surface area contributed by atoms with E-state index in [2.05, 4.69) is 19.2 Å². The Morgan fingerprint density at radius 1 is 1.56 bits per heavy atom. The summed E-state index contributed by atoms with van der Waals surface area (Å²) in [5.74, 6) is 0.249. The molecule has 0 aromatic heterocycles. The Morgan fingerprint density at radius 3 is 2.61 bits per heavy atom. The van der Waals surface area contributed by atoms with Crippen LogP contribution in [0.5, 0.6) is 0 Å². The Labute approximate surface area is 111 Å². The fourth-order valence-corrected chi connectivity index (χ4v) is 2.90. The first-order valence-corrected chi connectivity index (χ1v) is 6.89. The first kappa shape index (κ1) is 15.4. The molecule has 0 bridgehead atoms. The minimum Gasteiger partial charge on any atom is -0.378 e. The number of hydrogen-bond donors (Lipinski definition) is 1. The van der Waals surface area contributed by atoms with Crippen molar-refractivity contribution >= 4 is 5.91 Å². The molecule has 4 nitrogen and oxygen atoms in total. The number of nitrogens with one attached hydrogen (secondary N) is 1. The minimum atomic E-state index is 0.0296. The molecule has 1 amide bonds. The van der Waals surface area contributed by atoms with Gasteiger partial charge in [0.15, 0.2) is 0 Å². The van der Waals surface area contributed by atoms with Gasteiger partial charge in [0.25, 0.3) is 0 Å². The van der Waals surface area contributed by atoms with E-state index in [0.29, 0.717) is 6.04 Å². The first-order valence-electron chi connectivity index (χ1n) is 6.89. The van der Waals surface area contributed by atoms with Crippen molar-refractivity contribution in [2.45, 2.75) is 46.3 Å². The molecule has 4 heteroatoms. The molecule has 3 unspecified atom stereocenters. The zero-order chi connectivity index (χ0) is 13.9. The third-order valence-corrected chi connectivity index (χ3v) is 4.24. The van der Waals surface area contributed by atoms with Gasteiger partial charge in [0.2, 0.25) is 5.91 Å². The molecular formula is C14H28N2O2. The zero-order valence-corrected chi connectivity index (χ0v) is 12.6. The van der Waals surface area contributed by atoms with Crippen LogP contribution in [0.3, 0.4) is 0 Å².